The van der Waals surface area contributed by atoms with Crippen molar-refractivity contribution in [3.63, 3.8) is 0 Å². The van der Waals surface area contributed by atoms with Gasteiger partial charge >= 0.3 is 11.9 Å². The number of carboxylic acids is 2. The van der Waals surface area contributed by atoms with Crippen molar-refractivity contribution in [2.45, 2.75) is 68.2 Å². The number of aliphatic hydroxyl groups is 6. The maximum Gasteiger partial charge on any atom is 0.328 e. The topological polar surface area (TPSA) is 248 Å². The normalized spacial score (nSPS) is 34.4. The molecule has 35 heavy (non-hydrogen) atoms. The van der Waals surface area contributed by atoms with E-state index in [0.29, 0.717) is 0 Å². The average molecular weight is 508 g/mol. The summed E-state index contributed by atoms with van der Waals surface area (Å²) >= 11 is 0. The maximum atomic E-state index is 12.0. The van der Waals surface area contributed by atoms with Crippen LogP contribution in [0.25, 0.3) is 0 Å². The minimum atomic E-state index is -1.79. The number of hydrogen-bond acceptors (Lipinski definition) is 13. The van der Waals surface area contributed by atoms with Gasteiger partial charge in [-0.3, -0.25) is 9.79 Å². The van der Waals surface area contributed by atoms with E-state index in [9.17, 15) is 45.3 Å². The van der Waals surface area contributed by atoms with Crippen LogP contribution in [0.3, 0.4) is 0 Å². The predicted octanol–water partition coefficient (Wildman–Crippen LogP) is -3.86. The summed E-state index contributed by atoms with van der Waals surface area (Å²) in [5.41, 5.74) is -1.72. The van der Waals surface area contributed by atoms with Crippen LogP contribution in [-0.4, -0.2) is 134 Å². The zero-order valence-electron chi connectivity index (χ0n) is 19.1. The molecular formula is C20H32N2O13. The van der Waals surface area contributed by atoms with Crippen LogP contribution in [0.2, 0.25) is 0 Å². The number of rotatable bonds is 11. The Balaban J connectivity index is 2.22. The average Bonchev–Trinajstić information content (AvgIpc) is 2.80. The van der Waals surface area contributed by atoms with Gasteiger partial charge < -0.3 is 60.4 Å². The van der Waals surface area contributed by atoms with E-state index in [-0.39, 0.29) is 30.0 Å². The highest BCUT2D eigenvalue weighted by Gasteiger charge is 2.44. The number of nitrogens with zero attached hydrogens (tertiary/aromatic N) is 1. The van der Waals surface area contributed by atoms with Crippen molar-refractivity contribution in [3.8, 4) is 0 Å². The van der Waals surface area contributed by atoms with Crippen molar-refractivity contribution in [1.82, 2.24) is 5.32 Å². The van der Waals surface area contributed by atoms with Gasteiger partial charge in [-0.05, 0) is 6.92 Å². The monoisotopic (exact) mass is 508 g/mol. The van der Waals surface area contributed by atoms with E-state index in [1.54, 1.807) is 0 Å². The van der Waals surface area contributed by atoms with E-state index in [2.05, 4.69) is 10.3 Å². The first kappa shape index (κ1) is 28.9. The van der Waals surface area contributed by atoms with Gasteiger partial charge in [0.1, 0.15) is 31.0 Å². The summed E-state index contributed by atoms with van der Waals surface area (Å²) in [5, 5.41) is 80.6. The van der Waals surface area contributed by atoms with E-state index in [1.165, 1.54) is 14.0 Å². The summed E-state index contributed by atoms with van der Waals surface area (Å²) in [6.45, 7) is -0.458. The van der Waals surface area contributed by atoms with Gasteiger partial charge in [-0.25, -0.2) is 4.79 Å². The van der Waals surface area contributed by atoms with Gasteiger partial charge in [-0.15, -0.1) is 0 Å². The van der Waals surface area contributed by atoms with Gasteiger partial charge in [0.2, 0.25) is 0 Å². The molecule has 8 atom stereocenters. The van der Waals surface area contributed by atoms with E-state index < -0.39 is 80.1 Å². The quantitative estimate of drug-likeness (QED) is 0.130. The number of ether oxygens (including phenoxy) is 3. The highest BCUT2D eigenvalue weighted by molar-refractivity contribution is 6.01. The zero-order valence-corrected chi connectivity index (χ0v) is 19.1. The van der Waals surface area contributed by atoms with E-state index in [4.69, 9.17) is 19.3 Å². The SMILES string of the molecule is COC1=C(N[C@H](C(=O)O)C(C)OCC2OC(O)C(O)C(O)C2O)C[C@](O)(CO)CC1=NCC(=O)O. The second-order valence-corrected chi connectivity index (χ2v) is 8.44. The van der Waals surface area contributed by atoms with Crippen LogP contribution in [0.15, 0.2) is 16.4 Å². The number of carbonyl (C=O) groups is 2. The second kappa shape index (κ2) is 12.0. The van der Waals surface area contributed by atoms with Crippen LogP contribution in [0, 0.1) is 0 Å². The standard InChI is InChI=1S/C20H32N2O13/c1-8(34-6-11-14(26)15(27)16(28)19(31)35-11)13(18(29)30)22-10-4-20(32,7-23)3-9(17(10)33-2)21-5-12(24)25/h8,11,13-16,19,22-23,26-28,31-32H,3-7H2,1-2H3,(H,24,25)(H,29,30)/t8?,11?,13-,14?,15?,16?,19?,20-/m0/s1. The Morgan fingerprint density at radius 1 is 1.17 bits per heavy atom. The Morgan fingerprint density at radius 2 is 1.83 bits per heavy atom. The van der Waals surface area contributed by atoms with Crippen molar-refractivity contribution in [3.05, 3.63) is 11.5 Å². The van der Waals surface area contributed by atoms with Crippen molar-refractivity contribution in [2.75, 3.05) is 26.9 Å². The lowest BCUT2D eigenvalue weighted by atomic mass is 9.85. The van der Waals surface area contributed by atoms with E-state index in [0.717, 1.165) is 0 Å². The maximum absolute atomic E-state index is 12.0. The molecule has 1 aliphatic heterocycles. The Labute approximate surface area is 199 Å². The fraction of sp³-hybridized carbons (Fsp3) is 0.750. The van der Waals surface area contributed by atoms with Gasteiger partial charge in [0.25, 0.3) is 0 Å². The molecule has 0 spiro atoms. The molecular weight excluding hydrogens is 476 g/mol. The number of methoxy groups -OCH3 is 1. The number of aliphatic hydroxyl groups excluding tert-OH is 5. The predicted molar refractivity (Wildman–Crippen MR) is 114 cm³/mol. The van der Waals surface area contributed by atoms with E-state index in [1.807, 2.05) is 0 Å². The largest absolute Gasteiger partial charge is 0.493 e. The molecule has 0 aromatic carbocycles. The Hall–Kier alpha value is -2.37. The van der Waals surface area contributed by atoms with Crippen LogP contribution in [-0.2, 0) is 23.8 Å². The lowest BCUT2D eigenvalue weighted by Gasteiger charge is -2.39. The number of carboxylic acid groups (broad SMARTS) is 2. The van der Waals surface area contributed by atoms with Gasteiger partial charge in [0, 0.05) is 12.8 Å². The Bertz CT molecular complexity index is 834. The molecule has 1 saturated heterocycles. The molecule has 9 N–H and O–H groups in total. The molecule has 1 aliphatic carbocycles. The smallest absolute Gasteiger partial charge is 0.328 e. The van der Waals surface area contributed by atoms with Crippen molar-refractivity contribution < 1.29 is 64.7 Å². The lowest BCUT2D eigenvalue weighted by molar-refractivity contribution is -0.290. The van der Waals surface area contributed by atoms with Crippen LogP contribution in [0.5, 0.6) is 0 Å². The zero-order chi connectivity index (χ0) is 26.5. The fourth-order valence-electron chi connectivity index (χ4n) is 3.78. The van der Waals surface area contributed by atoms with Gasteiger partial charge in [0.05, 0.1) is 43.4 Å². The molecule has 0 aromatic rings. The second-order valence-electron chi connectivity index (χ2n) is 8.44. The van der Waals surface area contributed by atoms with Crippen LogP contribution in [0.1, 0.15) is 19.8 Å². The number of nitrogens with one attached hydrogen (secondary N) is 1. The minimum Gasteiger partial charge on any atom is -0.493 e. The van der Waals surface area contributed by atoms with Gasteiger partial charge in [-0.2, -0.15) is 0 Å². The van der Waals surface area contributed by atoms with Crippen LogP contribution < -0.4 is 5.32 Å². The molecule has 15 nitrogen and oxygen atoms in total. The Kier molecular flexibility index (Phi) is 9.94. The molecule has 2 aliphatic rings. The first-order valence-corrected chi connectivity index (χ1v) is 10.7. The Morgan fingerprint density at radius 3 is 2.37 bits per heavy atom. The third-order valence-corrected chi connectivity index (χ3v) is 5.72. The van der Waals surface area contributed by atoms with Crippen LogP contribution >= 0.6 is 0 Å². The van der Waals surface area contributed by atoms with Gasteiger partial charge in [0.15, 0.2) is 18.1 Å². The van der Waals surface area contributed by atoms with Crippen molar-refractivity contribution in [2.24, 2.45) is 4.99 Å². The molecule has 2 rings (SSSR count). The molecule has 0 amide bonds. The lowest BCUT2D eigenvalue weighted by Crippen LogP contribution is -2.59. The van der Waals surface area contributed by atoms with Crippen molar-refractivity contribution >= 4 is 17.7 Å². The molecule has 0 radical (unpaired) electrons. The summed E-state index contributed by atoms with van der Waals surface area (Å²) in [4.78, 5) is 26.8. The third-order valence-electron chi connectivity index (χ3n) is 5.72. The molecule has 0 bridgehead atoms. The summed E-state index contributed by atoms with van der Waals surface area (Å²) in [7, 11) is 1.25. The highest BCUT2D eigenvalue weighted by atomic mass is 16.6. The highest BCUT2D eigenvalue weighted by Crippen LogP contribution is 2.31. The van der Waals surface area contributed by atoms with Crippen molar-refractivity contribution in [1.29, 1.82) is 0 Å². The minimum absolute atomic E-state index is 0.00842. The number of hydrogen-bond donors (Lipinski definition) is 9. The van der Waals surface area contributed by atoms with E-state index >= 15 is 0 Å². The molecule has 1 fully saturated rings. The first-order valence-electron chi connectivity index (χ1n) is 10.7. The number of aliphatic imine (C=N–C) groups is 1. The fourth-order valence-corrected chi connectivity index (χ4v) is 3.78. The molecule has 200 valence electrons. The first-order chi connectivity index (χ1) is 16.3. The molecule has 0 saturated carbocycles. The molecule has 0 aromatic heterocycles. The molecule has 1 heterocycles. The van der Waals surface area contributed by atoms with Gasteiger partial charge in [-0.1, -0.05) is 0 Å². The van der Waals surface area contributed by atoms with Crippen LogP contribution in [0.4, 0.5) is 0 Å². The summed E-state index contributed by atoms with van der Waals surface area (Å²) < 4.78 is 15.8. The number of allylic oxidation sites excluding steroid dienone is 1. The number of aliphatic carboxylic acids is 2. The summed E-state index contributed by atoms with van der Waals surface area (Å²) in [6, 6.07) is -1.47. The summed E-state index contributed by atoms with van der Waals surface area (Å²) in [6.07, 6.45) is -9.77. The third kappa shape index (κ3) is 7.08. The summed E-state index contributed by atoms with van der Waals surface area (Å²) in [5.74, 6) is -2.63. The molecule has 15 heteroatoms. The molecule has 6 unspecified atom stereocenters.